The molecule has 11 nitrogen and oxygen atoms in total. The highest BCUT2D eigenvalue weighted by Gasteiger charge is 2.33. The molecule has 4 heterocycles. The Hall–Kier alpha value is -4.25. The summed E-state index contributed by atoms with van der Waals surface area (Å²) in [7, 11) is -0.837. The largest absolute Gasteiger partial charge is 0.379 e. The first kappa shape index (κ1) is 18.2. The maximum atomic E-state index is 13.1. The van der Waals surface area contributed by atoms with E-state index in [-0.39, 0.29) is 22.5 Å². The molecular weight excluding hydrogens is 436 g/mol. The average Bonchev–Trinajstić information content (AvgIpc) is 3.30. The van der Waals surface area contributed by atoms with Crippen molar-refractivity contribution in [3.05, 3.63) is 70.9 Å². The normalized spacial score (nSPS) is 18.9. The minimum atomic E-state index is -2.53. The fourth-order valence-electron chi connectivity index (χ4n) is 3.79. The van der Waals surface area contributed by atoms with Crippen molar-refractivity contribution in [3.8, 4) is 5.82 Å². The Morgan fingerprint density at radius 1 is 1.26 bits per heavy atom. The number of pyridine rings is 2. The molecule has 0 bridgehead atoms. The van der Waals surface area contributed by atoms with E-state index >= 15 is 0 Å². The van der Waals surface area contributed by atoms with Crippen LogP contribution in [0, 0.1) is 0 Å². The van der Waals surface area contributed by atoms with Crippen LogP contribution >= 0.6 is 0 Å². The van der Waals surface area contributed by atoms with E-state index in [4.69, 9.17) is 8.85 Å². The van der Waals surface area contributed by atoms with Crippen molar-refractivity contribution >= 4 is 28.9 Å². The Morgan fingerprint density at radius 2 is 2.18 bits per heavy atom. The van der Waals surface area contributed by atoms with Gasteiger partial charge in [0.05, 0.1) is 22.5 Å². The van der Waals surface area contributed by atoms with Crippen LogP contribution in [0.1, 0.15) is 27.3 Å². The van der Waals surface area contributed by atoms with E-state index in [0.29, 0.717) is 30.3 Å². The zero-order valence-electron chi connectivity index (χ0n) is 21.2. The number of amides is 1. The Kier molecular flexibility index (Phi) is 4.79. The number of aromatic nitrogens is 5. The number of rotatable bonds is 7. The minimum absolute atomic E-state index is 0.193. The quantitative estimate of drug-likeness (QED) is 0.380. The molecule has 0 aromatic carbocycles. The van der Waals surface area contributed by atoms with E-state index in [0.717, 1.165) is 0 Å². The Balaban J connectivity index is 1.43. The number of methoxy groups -OCH3 is 1. The molecule has 4 aromatic rings. The number of hydrogen-bond acceptors (Lipinski definition) is 8. The summed E-state index contributed by atoms with van der Waals surface area (Å²) < 4.78 is 29.8. The monoisotopic (exact) mass is 463 g/mol. The summed E-state index contributed by atoms with van der Waals surface area (Å²) in [5, 5.41) is 13.1. The number of anilines is 3. The predicted molar refractivity (Wildman–Crippen MR) is 127 cm³/mol. The fraction of sp³-hybridized carbons (Fsp3) is 0.261. The lowest BCUT2D eigenvalue weighted by atomic mass is 9.89. The van der Waals surface area contributed by atoms with Gasteiger partial charge in [-0.2, -0.15) is 9.61 Å². The van der Waals surface area contributed by atoms with E-state index < -0.39 is 25.1 Å². The summed E-state index contributed by atoms with van der Waals surface area (Å²) in [5.74, 6) is 0.860. The molecule has 174 valence electrons. The van der Waals surface area contributed by atoms with Crippen molar-refractivity contribution in [3.63, 3.8) is 0 Å². The molecule has 0 radical (unpaired) electrons. The van der Waals surface area contributed by atoms with E-state index in [1.807, 2.05) is 0 Å². The van der Waals surface area contributed by atoms with Crippen LogP contribution in [0.15, 0.2) is 59.8 Å². The molecule has 1 amide bonds. The summed E-state index contributed by atoms with van der Waals surface area (Å²) in [5.41, 5.74) is 0.376. The molecular formula is C23H24N8O3. The Bertz CT molecular complexity index is 1500. The zero-order chi connectivity index (χ0) is 26.2. The molecule has 4 aromatic heterocycles. The molecule has 11 heteroatoms. The first-order valence-corrected chi connectivity index (χ1v) is 10.7. The summed E-state index contributed by atoms with van der Waals surface area (Å²) in [6.45, 7) is 0. The first-order valence-electron chi connectivity index (χ1n) is 12.2. The highest BCUT2D eigenvalue weighted by molar-refractivity contribution is 6.00. The van der Waals surface area contributed by atoms with Gasteiger partial charge in [0.25, 0.3) is 11.5 Å². The molecule has 0 spiro atoms. The molecule has 2 atom stereocenters. The van der Waals surface area contributed by atoms with Crippen molar-refractivity contribution in [2.75, 3.05) is 24.7 Å². The second-order valence-corrected chi connectivity index (χ2v) is 7.79. The summed E-state index contributed by atoms with van der Waals surface area (Å²) in [4.78, 5) is 34.9. The summed E-state index contributed by atoms with van der Waals surface area (Å²) in [6, 6.07) is 9.84. The van der Waals surface area contributed by atoms with Crippen molar-refractivity contribution in [2.45, 2.75) is 25.0 Å². The molecule has 1 aliphatic rings. The van der Waals surface area contributed by atoms with Crippen molar-refractivity contribution in [1.82, 2.24) is 29.5 Å². The third kappa shape index (κ3) is 3.86. The minimum Gasteiger partial charge on any atom is -0.379 e. The van der Waals surface area contributed by atoms with Gasteiger partial charge >= 0.3 is 0 Å². The van der Waals surface area contributed by atoms with E-state index in [1.165, 1.54) is 15.3 Å². The van der Waals surface area contributed by atoms with Crippen molar-refractivity contribution < 1.29 is 13.6 Å². The van der Waals surface area contributed by atoms with Gasteiger partial charge in [0.15, 0.2) is 5.65 Å². The van der Waals surface area contributed by atoms with Gasteiger partial charge < -0.3 is 20.7 Å². The maximum Gasteiger partial charge on any atom is 0.279 e. The van der Waals surface area contributed by atoms with Gasteiger partial charge in [0.1, 0.15) is 28.7 Å². The molecule has 5 rings (SSSR count). The Labute approximate surface area is 199 Å². The van der Waals surface area contributed by atoms with Gasteiger partial charge in [-0.05, 0) is 37.1 Å². The highest BCUT2D eigenvalue weighted by atomic mass is 16.5. The Morgan fingerprint density at radius 3 is 2.91 bits per heavy atom. The predicted octanol–water partition coefficient (Wildman–Crippen LogP) is 1.97. The molecule has 34 heavy (non-hydrogen) atoms. The topological polar surface area (TPSA) is 127 Å². The van der Waals surface area contributed by atoms with Gasteiger partial charge in [-0.25, -0.2) is 9.97 Å². The second-order valence-electron chi connectivity index (χ2n) is 7.79. The zero-order valence-corrected chi connectivity index (χ0v) is 18.2. The second kappa shape index (κ2) is 8.94. The molecule has 1 aliphatic carbocycles. The van der Waals surface area contributed by atoms with Crippen LogP contribution in [-0.4, -0.2) is 56.3 Å². The number of nitrogens with zero attached hydrogens (tertiary/aromatic N) is 5. The summed E-state index contributed by atoms with van der Waals surface area (Å²) in [6.07, 6.45) is 5.16. The number of ether oxygens (including phenoxy) is 1. The van der Waals surface area contributed by atoms with Crippen molar-refractivity contribution in [2.24, 2.45) is 0 Å². The highest BCUT2D eigenvalue weighted by Crippen LogP contribution is 2.24. The molecule has 0 saturated heterocycles. The molecule has 1 fully saturated rings. The molecule has 3 N–H and O–H groups in total. The first-order chi connectivity index (χ1) is 17.7. The smallest absolute Gasteiger partial charge is 0.279 e. The fourth-order valence-corrected chi connectivity index (χ4v) is 3.79. The van der Waals surface area contributed by atoms with E-state index in [9.17, 15) is 9.59 Å². The third-order valence-corrected chi connectivity index (χ3v) is 5.76. The van der Waals surface area contributed by atoms with Crippen LogP contribution in [-0.2, 0) is 4.74 Å². The number of carbonyl (C=O) groups is 1. The van der Waals surface area contributed by atoms with Gasteiger partial charge in [-0.15, -0.1) is 0 Å². The average molecular weight is 464 g/mol. The van der Waals surface area contributed by atoms with E-state index in [2.05, 4.69) is 31.0 Å². The lowest BCUT2D eigenvalue weighted by Crippen LogP contribution is -2.51. The van der Waals surface area contributed by atoms with Gasteiger partial charge in [0.2, 0.25) is 0 Å². The standard InChI is InChI=1S/C23H24N8O3/c1-24-20-12-18(27-16-6-5-11-30(23(16)33)19-7-3-4-10-25-19)29-21-14(13-26-31(20)21)22(32)28-15-8-9-17(15)34-2/h3-7,10-13,15,17,24H,8-9H2,1-2H3,(H,27,29)(H,28,32)/t15-,17-/m0/s1/i2D3. The number of carbonyl (C=O) groups excluding carboxylic acids is 1. The summed E-state index contributed by atoms with van der Waals surface area (Å²) >= 11 is 0. The lowest BCUT2D eigenvalue weighted by molar-refractivity contribution is 0.00732. The van der Waals surface area contributed by atoms with Crippen molar-refractivity contribution in [1.29, 1.82) is 0 Å². The number of nitrogens with one attached hydrogen (secondary N) is 3. The van der Waals surface area contributed by atoms with Crippen LogP contribution < -0.4 is 21.5 Å². The molecule has 1 saturated carbocycles. The lowest BCUT2D eigenvalue weighted by Gasteiger charge is -2.35. The van der Waals surface area contributed by atoms with Gasteiger partial charge in [0, 0.05) is 32.5 Å². The van der Waals surface area contributed by atoms with Crippen LogP contribution in [0.25, 0.3) is 11.5 Å². The van der Waals surface area contributed by atoms with Crippen LogP contribution in [0.2, 0.25) is 0 Å². The van der Waals surface area contributed by atoms with Gasteiger partial charge in [-0.3, -0.25) is 14.2 Å². The van der Waals surface area contributed by atoms with Crippen LogP contribution in [0.4, 0.5) is 17.3 Å². The van der Waals surface area contributed by atoms with E-state index in [1.54, 1.807) is 55.8 Å². The molecule has 0 unspecified atom stereocenters. The van der Waals surface area contributed by atoms with Gasteiger partial charge in [-0.1, -0.05) is 6.07 Å². The third-order valence-electron chi connectivity index (χ3n) is 5.76. The number of fused-ring (bicyclic) bond motifs is 1. The van der Waals surface area contributed by atoms with Crippen LogP contribution in [0.5, 0.6) is 0 Å². The number of hydrogen-bond donors (Lipinski definition) is 3. The maximum absolute atomic E-state index is 13.1. The molecule has 0 aliphatic heterocycles. The SMILES string of the molecule is [2H]C([2H])([2H])O[C@H]1CC[C@@H]1NC(=O)c1cnn2c(NC)cc(Nc3cccn(-c4ccccn4)c3=O)nc12. The van der Waals surface area contributed by atoms with Crippen LogP contribution in [0.3, 0.4) is 0 Å².